The number of ether oxygens (including phenoxy) is 1. The van der Waals surface area contributed by atoms with Crippen molar-refractivity contribution < 1.29 is 27.1 Å². The van der Waals surface area contributed by atoms with E-state index in [0.29, 0.717) is 5.56 Å². The Kier molecular flexibility index (Phi) is 12.0. The predicted octanol–water partition coefficient (Wildman–Crippen LogP) is 7.08. The molecule has 0 aromatic heterocycles. The van der Waals surface area contributed by atoms with E-state index in [0.717, 1.165) is 47.5 Å². The van der Waals surface area contributed by atoms with Crippen molar-refractivity contribution in [3.63, 3.8) is 0 Å². The van der Waals surface area contributed by atoms with Crippen LogP contribution in [0.5, 0.6) is 5.75 Å². The first kappa shape index (κ1) is 35.9. The van der Waals surface area contributed by atoms with Gasteiger partial charge in [-0.1, -0.05) is 91.0 Å². The molecule has 0 bridgehead atoms. The summed E-state index contributed by atoms with van der Waals surface area (Å²) in [7, 11) is -2.96. The third-order valence-corrected chi connectivity index (χ3v) is 10.8. The summed E-state index contributed by atoms with van der Waals surface area (Å²) >= 11 is 6.37. The molecule has 0 radical (unpaired) electrons. The molecule has 11 heteroatoms. The van der Waals surface area contributed by atoms with Crippen molar-refractivity contribution in [1.29, 1.82) is 0 Å². The number of carbonyl (C=O) groups excluding carboxylic acids is 2. The molecule has 49 heavy (non-hydrogen) atoms. The SMILES string of the molecule is COc1ccc(Cl)cc1N(CC(=O)N(Cc1ccc(F)cc1)[C@H](Cc1ccccc1)C(=O)NC1CCCCC1)S(=O)(=O)c1ccc(C)cc1. The van der Waals surface area contributed by atoms with Crippen molar-refractivity contribution in [2.24, 2.45) is 0 Å². The van der Waals surface area contributed by atoms with Crippen LogP contribution in [0, 0.1) is 12.7 Å². The Morgan fingerprint density at radius 3 is 2.24 bits per heavy atom. The second-order valence-electron chi connectivity index (χ2n) is 12.3. The molecule has 0 heterocycles. The Hall–Kier alpha value is -4.41. The number of hydrogen-bond donors (Lipinski definition) is 1. The molecule has 0 spiro atoms. The molecule has 8 nitrogen and oxygen atoms in total. The Morgan fingerprint density at radius 1 is 0.918 bits per heavy atom. The van der Waals surface area contributed by atoms with E-state index in [1.165, 1.54) is 48.4 Å². The third kappa shape index (κ3) is 9.19. The van der Waals surface area contributed by atoms with Crippen LogP contribution < -0.4 is 14.4 Å². The van der Waals surface area contributed by atoms with Crippen LogP contribution >= 0.6 is 11.6 Å². The molecule has 0 saturated heterocycles. The number of benzene rings is 4. The molecule has 258 valence electrons. The van der Waals surface area contributed by atoms with Crippen LogP contribution in [0.1, 0.15) is 48.8 Å². The molecule has 0 unspecified atom stereocenters. The highest BCUT2D eigenvalue weighted by molar-refractivity contribution is 7.92. The highest BCUT2D eigenvalue weighted by Gasteiger charge is 2.36. The first-order chi connectivity index (χ1) is 23.5. The number of methoxy groups -OCH3 is 1. The minimum atomic E-state index is -4.36. The molecule has 1 aliphatic carbocycles. The lowest BCUT2D eigenvalue weighted by atomic mass is 9.94. The van der Waals surface area contributed by atoms with Gasteiger partial charge in [-0.25, -0.2) is 12.8 Å². The average Bonchev–Trinajstić information content (AvgIpc) is 3.10. The number of nitrogens with zero attached hydrogens (tertiary/aromatic N) is 2. The highest BCUT2D eigenvalue weighted by atomic mass is 35.5. The zero-order chi connectivity index (χ0) is 35.0. The van der Waals surface area contributed by atoms with E-state index < -0.39 is 34.3 Å². The van der Waals surface area contributed by atoms with Crippen molar-refractivity contribution >= 4 is 39.1 Å². The monoisotopic (exact) mass is 705 g/mol. The van der Waals surface area contributed by atoms with Gasteiger partial charge in [0.05, 0.1) is 17.7 Å². The molecule has 4 aromatic carbocycles. The molecule has 1 fully saturated rings. The number of anilines is 1. The molecule has 4 aromatic rings. The van der Waals surface area contributed by atoms with Gasteiger partial charge in [-0.15, -0.1) is 0 Å². The van der Waals surface area contributed by atoms with Gasteiger partial charge in [0.1, 0.15) is 24.2 Å². The fourth-order valence-electron chi connectivity index (χ4n) is 6.09. The summed E-state index contributed by atoms with van der Waals surface area (Å²) in [6.45, 7) is 1.10. The molecule has 1 N–H and O–H groups in total. The maximum atomic E-state index is 14.7. The second kappa shape index (κ2) is 16.3. The Labute approximate surface area is 292 Å². The van der Waals surface area contributed by atoms with E-state index in [-0.39, 0.29) is 46.3 Å². The number of halogens is 2. The van der Waals surface area contributed by atoms with Crippen molar-refractivity contribution in [3.8, 4) is 5.75 Å². The van der Waals surface area contributed by atoms with Crippen LogP contribution in [0.25, 0.3) is 0 Å². The van der Waals surface area contributed by atoms with E-state index in [2.05, 4.69) is 5.32 Å². The van der Waals surface area contributed by atoms with Crippen LogP contribution in [-0.2, 0) is 32.6 Å². The van der Waals surface area contributed by atoms with Crippen LogP contribution in [0.15, 0.2) is 102 Å². The number of sulfonamides is 1. The normalized spacial score (nSPS) is 14.1. The van der Waals surface area contributed by atoms with Crippen LogP contribution in [-0.4, -0.2) is 50.9 Å². The van der Waals surface area contributed by atoms with E-state index in [4.69, 9.17) is 16.3 Å². The van der Waals surface area contributed by atoms with Gasteiger partial charge in [0, 0.05) is 24.0 Å². The van der Waals surface area contributed by atoms with Crippen molar-refractivity contribution in [1.82, 2.24) is 10.2 Å². The molecular weight excluding hydrogens is 665 g/mol. The van der Waals surface area contributed by atoms with Gasteiger partial charge >= 0.3 is 0 Å². The van der Waals surface area contributed by atoms with Crippen LogP contribution in [0.3, 0.4) is 0 Å². The third-order valence-electron chi connectivity index (χ3n) is 8.79. The summed E-state index contributed by atoms with van der Waals surface area (Å²) in [6, 6.07) is 24.8. The van der Waals surface area contributed by atoms with Gasteiger partial charge in [-0.05, 0) is 73.4 Å². The number of hydrogen-bond acceptors (Lipinski definition) is 5. The van der Waals surface area contributed by atoms with E-state index in [1.807, 2.05) is 37.3 Å². The molecule has 1 atom stereocenters. The summed E-state index contributed by atoms with van der Waals surface area (Å²) in [5, 5.41) is 3.42. The Morgan fingerprint density at radius 2 is 1.59 bits per heavy atom. The van der Waals surface area contributed by atoms with Gasteiger partial charge in [-0.3, -0.25) is 13.9 Å². The van der Waals surface area contributed by atoms with Crippen LogP contribution in [0.2, 0.25) is 5.02 Å². The van der Waals surface area contributed by atoms with E-state index in [9.17, 15) is 22.4 Å². The maximum absolute atomic E-state index is 14.7. The van der Waals surface area contributed by atoms with Crippen molar-refractivity contribution in [2.75, 3.05) is 18.0 Å². The summed E-state index contributed by atoms with van der Waals surface area (Å²) < 4.78 is 49.2. The maximum Gasteiger partial charge on any atom is 0.264 e. The van der Waals surface area contributed by atoms with Gasteiger partial charge in [0.15, 0.2) is 0 Å². The number of aryl methyl sites for hydroxylation is 1. The molecule has 2 amide bonds. The summed E-state index contributed by atoms with van der Waals surface area (Å²) in [5.41, 5.74) is 2.33. The quantitative estimate of drug-likeness (QED) is 0.160. The zero-order valence-corrected chi connectivity index (χ0v) is 29.2. The number of rotatable bonds is 13. The van der Waals surface area contributed by atoms with Crippen LogP contribution in [0.4, 0.5) is 10.1 Å². The summed E-state index contributed by atoms with van der Waals surface area (Å²) in [5.74, 6) is -1.23. The predicted molar refractivity (Wildman–Crippen MR) is 190 cm³/mol. The van der Waals surface area contributed by atoms with Gasteiger partial charge < -0.3 is 15.0 Å². The minimum Gasteiger partial charge on any atom is -0.495 e. The Bertz CT molecular complexity index is 1830. The van der Waals surface area contributed by atoms with E-state index in [1.54, 1.807) is 30.3 Å². The lowest BCUT2D eigenvalue weighted by Crippen LogP contribution is -2.55. The van der Waals surface area contributed by atoms with Crippen molar-refractivity contribution in [2.45, 2.75) is 69.0 Å². The standard InChI is InChI=1S/C38H41ClFN3O5S/c1-27-13-20-33(21-14-27)49(46,47)43(34-24-30(39)17-22-36(34)48-2)26-37(44)42(25-29-15-18-31(40)19-16-29)35(23-28-9-5-3-6-10-28)38(45)41-32-11-7-4-8-12-32/h3,5-6,9-10,13-22,24,32,35H,4,7-8,11-12,23,25-26H2,1-2H3,(H,41,45)/t35-/m1/s1. The molecule has 1 saturated carbocycles. The largest absolute Gasteiger partial charge is 0.495 e. The summed E-state index contributed by atoms with van der Waals surface area (Å²) in [6.07, 6.45) is 4.96. The summed E-state index contributed by atoms with van der Waals surface area (Å²) in [4.78, 5) is 30.3. The fourth-order valence-corrected chi connectivity index (χ4v) is 7.68. The molecule has 5 rings (SSSR count). The van der Waals surface area contributed by atoms with E-state index >= 15 is 0 Å². The lowest BCUT2D eigenvalue weighted by molar-refractivity contribution is -0.140. The Balaban J connectivity index is 1.60. The smallest absolute Gasteiger partial charge is 0.264 e. The fraction of sp³-hybridized carbons (Fsp3) is 0.316. The molecule has 1 aliphatic rings. The van der Waals surface area contributed by atoms with Gasteiger partial charge in [0.2, 0.25) is 11.8 Å². The molecular formula is C38H41ClFN3O5S. The second-order valence-corrected chi connectivity index (χ2v) is 14.6. The lowest BCUT2D eigenvalue weighted by Gasteiger charge is -2.35. The minimum absolute atomic E-state index is 0.0311. The zero-order valence-electron chi connectivity index (χ0n) is 27.6. The van der Waals surface area contributed by atoms with Crippen molar-refractivity contribution in [3.05, 3.63) is 125 Å². The van der Waals surface area contributed by atoms with Gasteiger partial charge in [0.25, 0.3) is 10.0 Å². The highest BCUT2D eigenvalue weighted by Crippen LogP contribution is 2.35. The first-order valence-corrected chi connectivity index (χ1v) is 18.2. The number of nitrogens with one attached hydrogen (secondary N) is 1. The first-order valence-electron chi connectivity index (χ1n) is 16.4. The van der Waals surface area contributed by atoms with Gasteiger partial charge in [-0.2, -0.15) is 0 Å². The number of amides is 2. The number of carbonyl (C=O) groups is 2. The molecule has 0 aliphatic heterocycles. The average molecular weight is 706 g/mol. The topological polar surface area (TPSA) is 96.0 Å².